The number of aromatic nitrogens is 2. The first-order chi connectivity index (χ1) is 13.3. The predicted molar refractivity (Wildman–Crippen MR) is 101 cm³/mol. The number of hydrogen-bond donors (Lipinski definition) is 2. The molecule has 1 aromatic carbocycles. The first-order valence-corrected chi connectivity index (χ1v) is 8.30. The number of benzene rings is 1. The third-order valence-corrected chi connectivity index (χ3v) is 3.91. The molecule has 0 fully saturated rings. The van der Waals surface area contributed by atoms with Crippen LogP contribution in [0.25, 0.3) is 11.1 Å². The van der Waals surface area contributed by atoms with Crippen molar-refractivity contribution in [1.82, 2.24) is 9.97 Å². The molecule has 3 aromatic rings. The topological polar surface area (TPSA) is 84.0 Å². The van der Waals surface area contributed by atoms with E-state index in [9.17, 15) is 18.4 Å². The molecule has 6 nitrogen and oxygen atoms in total. The zero-order valence-corrected chi connectivity index (χ0v) is 15.1. The highest BCUT2D eigenvalue weighted by molar-refractivity contribution is 6.05. The summed E-state index contributed by atoms with van der Waals surface area (Å²) in [6, 6.07) is 7.86. The van der Waals surface area contributed by atoms with Crippen LogP contribution in [0.1, 0.15) is 23.0 Å². The van der Waals surface area contributed by atoms with Crippen LogP contribution in [0, 0.1) is 18.6 Å². The van der Waals surface area contributed by atoms with E-state index in [4.69, 9.17) is 0 Å². The number of anilines is 2. The Hall–Kier alpha value is -3.68. The van der Waals surface area contributed by atoms with Crippen LogP contribution in [0.5, 0.6) is 0 Å². The highest BCUT2D eigenvalue weighted by atomic mass is 19.1. The highest BCUT2D eigenvalue weighted by Crippen LogP contribution is 2.24. The third-order valence-electron chi connectivity index (χ3n) is 3.91. The highest BCUT2D eigenvalue weighted by Gasteiger charge is 2.15. The zero-order chi connectivity index (χ0) is 20.3. The van der Waals surface area contributed by atoms with E-state index in [0.29, 0.717) is 28.7 Å². The molecule has 28 heavy (non-hydrogen) atoms. The van der Waals surface area contributed by atoms with Crippen molar-refractivity contribution in [3.8, 4) is 11.1 Å². The lowest BCUT2D eigenvalue weighted by Gasteiger charge is -2.11. The fourth-order valence-corrected chi connectivity index (χ4v) is 2.56. The van der Waals surface area contributed by atoms with Gasteiger partial charge in [-0.2, -0.15) is 0 Å². The lowest BCUT2D eigenvalue weighted by Crippen LogP contribution is -2.15. The SMILES string of the molecule is CC(=O)Nc1cc(-c2cnc(C)c(C(=O)Nc3ccc(F)cc3F)c2)ccn1. The average Bonchev–Trinajstić information content (AvgIpc) is 2.64. The number of carbonyl (C=O) groups is 2. The van der Waals surface area contributed by atoms with E-state index in [1.807, 2.05) is 0 Å². The van der Waals surface area contributed by atoms with Crippen molar-refractivity contribution >= 4 is 23.3 Å². The van der Waals surface area contributed by atoms with Gasteiger partial charge < -0.3 is 10.6 Å². The number of amides is 2. The van der Waals surface area contributed by atoms with Gasteiger partial charge in [0.2, 0.25) is 5.91 Å². The van der Waals surface area contributed by atoms with Crippen LogP contribution in [0.2, 0.25) is 0 Å². The van der Waals surface area contributed by atoms with Crippen molar-refractivity contribution in [3.63, 3.8) is 0 Å². The molecule has 2 heterocycles. The maximum Gasteiger partial charge on any atom is 0.257 e. The van der Waals surface area contributed by atoms with Crippen LogP contribution in [0.3, 0.4) is 0 Å². The molecule has 0 aliphatic carbocycles. The molecule has 2 N–H and O–H groups in total. The number of aryl methyl sites for hydroxylation is 1. The summed E-state index contributed by atoms with van der Waals surface area (Å²) in [6.45, 7) is 3.02. The summed E-state index contributed by atoms with van der Waals surface area (Å²) >= 11 is 0. The second-order valence-electron chi connectivity index (χ2n) is 6.05. The molecular formula is C20H16F2N4O2. The molecule has 0 unspecified atom stereocenters. The van der Waals surface area contributed by atoms with Crippen LogP contribution in [-0.4, -0.2) is 21.8 Å². The van der Waals surface area contributed by atoms with Gasteiger partial charge in [0.25, 0.3) is 5.91 Å². The quantitative estimate of drug-likeness (QED) is 0.716. The molecule has 0 radical (unpaired) electrons. The first kappa shape index (κ1) is 19.1. The summed E-state index contributed by atoms with van der Waals surface area (Å²) < 4.78 is 26.8. The van der Waals surface area contributed by atoms with Crippen molar-refractivity contribution in [1.29, 1.82) is 0 Å². The Morgan fingerprint density at radius 2 is 1.75 bits per heavy atom. The van der Waals surface area contributed by atoms with Crippen molar-refractivity contribution in [2.75, 3.05) is 10.6 Å². The van der Waals surface area contributed by atoms with Crippen molar-refractivity contribution in [2.45, 2.75) is 13.8 Å². The molecule has 3 rings (SSSR count). The Morgan fingerprint density at radius 3 is 2.46 bits per heavy atom. The van der Waals surface area contributed by atoms with E-state index in [1.54, 1.807) is 31.3 Å². The van der Waals surface area contributed by atoms with Crippen molar-refractivity contribution in [2.24, 2.45) is 0 Å². The summed E-state index contributed by atoms with van der Waals surface area (Å²) in [4.78, 5) is 32.1. The zero-order valence-electron chi connectivity index (χ0n) is 15.1. The van der Waals surface area contributed by atoms with E-state index in [-0.39, 0.29) is 17.2 Å². The lowest BCUT2D eigenvalue weighted by molar-refractivity contribution is -0.114. The van der Waals surface area contributed by atoms with Gasteiger partial charge in [0.15, 0.2) is 0 Å². The minimum Gasteiger partial charge on any atom is -0.319 e. The molecular weight excluding hydrogens is 366 g/mol. The van der Waals surface area contributed by atoms with Crippen LogP contribution < -0.4 is 10.6 Å². The van der Waals surface area contributed by atoms with Gasteiger partial charge in [-0.25, -0.2) is 13.8 Å². The molecule has 0 aliphatic rings. The molecule has 8 heteroatoms. The largest absolute Gasteiger partial charge is 0.319 e. The Bertz CT molecular complexity index is 1070. The number of halogens is 2. The normalized spacial score (nSPS) is 10.4. The number of hydrogen-bond acceptors (Lipinski definition) is 4. The van der Waals surface area contributed by atoms with Gasteiger partial charge >= 0.3 is 0 Å². The van der Waals surface area contributed by atoms with Crippen molar-refractivity contribution < 1.29 is 18.4 Å². The van der Waals surface area contributed by atoms with Gasteiger partial charge in [0.05, 0.1) is 16.9 Å². The van der Waals surface area contributed by atoms with Gasteiger partial charge in [0.1, 0.15) is 17.5 Å². The number of rotatable bonds is 4. The lowest BCUT2D eigenvalue weighted by atomic mass is 10.0. The van der Waals surface area contributed by atoms with Gasteiger partial charge in [-0.15, -0.1) is 0 Å². The molecule has 2 amide bonds. The second kappa shape index (κ2) is 7.91. The Balaban J connectivity index is 1.91. The number of nitrogens with one attached hydrogen (secondary N) is 2. The van der Waals surface area contributed by atoms with E-state index in [0.717, 1.165) is 12.1 Å². The smallest absolute Gasteiger partial charge is 0.257 e. The molecule has 0 saturated carbocycles. The number of pyridine rings is 2. The Labute approximate surface area is 159 Å². The number of nitrogens with zero attached hydrogens (tertiary/aromatic N) is 2. The molecule has 2 aromatic heterocycles. The maximum atomic E-state index is 13.8. The molecule has 142 valence electrons. The van der Waals surface area contributed by atoms with Gasteiger partial charge in [-0.05, 0) is 42.8 Å². The Morgan fingerprint density at radius 1 is 0.964 bits per heavy atom. The summed E-state index contributed by atoms with van der Waals surface area (Å²) in [7, 11) is 0. The summed E-state index contributed by atoms with van der Waals surface area (Å²) in [5, 5.41) is 5.01. The predicted octanol–water partition coefficient (Wildman–Crippen LogP) is 3.94. The molecule has 0 saturated heterocycles. The average molecular weight is 382 g/mol. The van der Waals surface area contributed by atoms with E-state index < -0.39 is 17.5 Å². The first-order valence-electron chi connectivity index (χ1n) is 8.30. The number of carbonyl (C=O) groups excluding carboxylic acids is 2. The van der Waals surface area contributed by atoms with E-state index in [2.05, 4.69) is 20.6 Å². The maximum absolute atomic E-state index is 13.8. The Kier molecular flexibility index (Phi) is 5.39. The fraction of sp³-hybridized carbons (Fsp3) is 0.100. The van der Waals surface area contributed by atoms with Crippen LogP contribution in [0.4, 0.5) is 20.3 Å². The fourth-order valence-electron chi connectivity index (χ4n) is 2.56. The minimum absolute atomic E-state index is 0.131. The van der Waals surface area contributed by atoms with Gasteiger partial charge in [-0.3, -0.25) is 14.6 Å². The molecule has 0 bridgehead atoms. The molecule has 0 aliphatic heterocycles. The second-order valence-corrected chi connectivity index (χ2v) is 6.05. The summed E-state index contributed by atoms with van der Waals surface area (Å²) in [5.41, 5.74) is 1.85. The van der Waals surface area contributed by atoms with Crippen LogP contribution >= 0.6 is 0 Å². The third kappa shape index (κ3) is 4.35. The minimum atomic E-state index is -0.871. The van der Waals surface area contributed by atoms with E-state index in [1.165, 1.54) is 13.1 Å². The van der Waals surface area contributed by atoms with Crippen LogP contribution in [-0.2, 0) is 4.79 Å². The van der Waals surface area contributed by atoms with Crippen LogP contribution in [0.15, 0.2) is 48.8 Å². The molecule has 0 atom stereocenters. The summed E-state index contributed by atoms with van der Waals surface area (Å²) in [5.74, 6) is -2.07. The standard InChI is InChI=1S/C20H16F2N4O2/c1-11-16(20(28)26-18-4-3-15(21)9-17(18)22)7-14(10-24-11)13-5-6-23-19(8-13)25-12(2)27/h3-10H,1-2H3,(H,26,28)(H,23,25,27). The van der Waals surface area contributed by atoms with Gasteiger partial charge in [-0.1, -0.05) is 0 Å². The van der Waals surface area contributed by atoms with E-state index >= 15 is 0 Å². The summed E-state index contributed by atoms with van der Waals surface area (Å²) in [6.07, 6.45) is 3.10. The monoisotopic (exact) mass is 382 g/mol. The van der Waals surface area contributed by atoms with Crippen molar-refractivity contribution in [3.05, 3.63) is 71.7 Å². The molecule has 0 spiro atoms. The van der Waals surface area contributed by atoms with Gasteiger partial charge in [0, 0.05) is 30.9 Å².